The van der Waals surface area contributed by atoms with Crippen LogP contribution in [0.5, 0.6) is 0 Å². The van der Waals surface area contributed by atoms with Crippen molar-refractivity contribution in [3.63, 3.8) is 0 Å². The number of nitrogens with two attached hydrogens (primary N) is 1. The first-order chi connectivity index (χ1) is 9.22. The molecule has 1 unspecified atom stereocenters. The van der Waals surface area contributed by atoms with Gasteiger partial charge in [-0.3, -0.25) is 0 Å². The number of piperidine rings is 1. The predicted octanol–water partition coefficient (Wildman–Crippen LogP) is 2.43. The van der Waals surface area contributed by atoms with Gasteiger partial charge in [-0.1, -0.05) is 19.8 Å². The van der Waals surface area contributed by atoms with Gasteiger partial charge in [-0.05, 0) is 44.6 Å². The van der Waals surface area contributed by atoms with Gasteiger partial charge >= 0.3 is 6.03 Å². The van der Waals surface area contributed by atoms with Gasteiger partial charge in [-0.25, -0.2) is 4.79 Å². The molecule has 0 aromatic rings. The molecule has 1 saturated heterocycles. The summed E-state index contributed by atoms with van der Waals surface area (Å²) in [5.41, 5.74) is 5.62. The van der Waals surface area contributed by atoms with Crippen molar-refractivity contribution in [2.45, 2.75) is 57.9 Å². The maximum atomic E-state index is 12.7. The molecule has 19 heavy (non-hydrogen) atoms. The number of likely N-dealkylation sites (tertiary alicyclic amines) is 1. The van der Waals surface area contributed by atoms with Crippen LogP contribution >= 0.6 is 0 Å². The highest BCUT2D eigenvalue weighted by Gasteiger charge is 2.31. The van der Waals surface area contributed by atoms with Crippen molar-refractivity contribution < 1.29 is 4.79 Å². The van der Waals surface area contributed by atoms with Gasteiger partial charge in [0, 0.05) is 25.7 Å². The standard InChI is InChI=1S/C15H29N3O/c1-13-6-4-10-17(12-13)15(19)18(11-5-9-16)14-7-2-3-8-14/h13-14H,2-12,16H2,1H3. The Hall–Kier alpha value is -0.770. The third-order valence-electron chi connectivity index (χ3n) is 4.54. The van der Waals surface area contributed by atoms with E-state index in [1.165, 1.54) is 32.1 Å². The molecule has 2 rings (SSSR count). The smallest absolute Gasteiger partial charge is 0.320 e. The zero-order chi connectivity index (χ0) is 13.7. The average molecular weight is 267 g/mol. The van der Waals surface area contributed by atoms with Crippen molar-refractivity contribution >= 4 is 6.03 Å². The molecule has 2 N–H and O–H groups in total. The van der Waals surface area contributed by atoms with E-state index in [0.717, 1.165) is 32.5 Å². The van der Waals surface area contributed by atoms with E-state index in [2.05, 4.69) is 16.7 Å². The topological polar surface area (TPSA) is 49.6 Å². The summed E-state index contributed by atoms with van der Waals surface area (Å²) in [6.07, 6.45) is 8.24. The number of rotatable bonds is 4. The summed E-state index contributed by atoms with van der Waals surface area (Å²) in [5, 5.41) is 0. The van der Waals surface area contributed by atoms with Crippen molar-refractivity contribution in [3.8, 4) is 0 Å². The fraction of sp³-hybridized carbons (Fsp3) is 0.933. The summed E-state index contributed by atoms with van der Waals surface area (Å²) in [6.45, 7) is 5.64. The van der Waals surface area contributed by atoms with E-state index in [9.17, 15) is 4.79 Å². The second-order valence-electron chi connectivity index (χ2n) is 6.25. The van der Waals surface area contributed by atoms with E-state index < -0.39 is 0 Å². The largest absolute Gasteiger partial charge is 0.330 e. The number of carbonyl (C=O) groups excluding carboxylic acids is 1. The Morgan fingerprint density at radius 3 is 2.63 bits per heavy atom. The second-order valence-corrected chi connectivity index (χ2v) is 6.25. The van der Waals surface area contributed by atoms with Gasteiger partial charge in [0.1, 0.15) is 0 Å². The number of hydrogen-bond donors (Lipinski definition) is 1. The molecule has 1 saturated carbocycles. The summed E-state index contributed by atoms with van der Waals surface area (Å²) < 4.78 is 0. The van der Waals surface area contributed by atoms with Crippen molar-refractivity contribution in [1.29, 1.82) is 0 Å². The Kier molecular flexibility index (Phi) is 5.49. The Balaban J connectivity index is 1.97. The van der Waals surface area contributed by atoms with Gasteiger partial charge in [0.15, 0.2) is 0 Å². The van der Waals surface area contributed by atoms with Gasteiger partial charge in [0.25, 0.3) is 0 Å². The van der Waals surface area contributed by atoms with Crippen molar-refractivity contribution in [2.24, 2.45) is 11.7 Å². The summed E-state index contributed by atoms with van der Waals surface area (Å²) in [6, 6.07) is 0.739. The van der Waals surface area contributed by atoms with Gasteiger partial charge < -0.3 is 15.5 Å². The lowest BCUT2D eigenvalue weighted by atomic mass is 10.0. The number of amides is 2. The van der Waals surface area contributed by atoms with Crippen molar-refractivity contribution in [2.75, 3.05) is 26.2 Å². The van der Waals surface area contributed by atoms with Crippen molar-refractivity contribution in [1.82, 2.24) is 9.80 Å². The SMILES string of the molecule is CC1CCCN(C(=O)N(CCCN)C2CCCC2)C1. The van der Waals surface area contributed by atoms with Crippen LogP contribution in [0.1, 0.15) is 51.9 Å². The Morgan fingerprint density at radius 2 is 2.00 bits per heavy atom. The molecule has 2 amide bonds. The molecule has 1 atom stereocenters. The van der Waals surface area contributed by atoms with Crippen LogP contribution in [-0.4, -0.2) is 48.1 Å². The molecule has 2 aliphatic rings. The molecule has 0 bridgehead atoms. The van der Waals surface area contributed by atoms with E-state index in [1.807, 2.05) is 0 Å². The van der Waals surface area contributed by atoms with Gasteiger partial charge in [-0.15, -0.1) is 0 Å². The first kappa shape index (κ1) is 14.6. The highest BCUT2D eigenvalue weighted by Crippen LogP contribution is 2.26. The number of hydrogen-bond acceptors (Lipinski definition) is 2. The maximum absolute atomic E-state index is 12.7. The minimum Gasteiger partial charge on any atom is -0.330 e. The van der Waals surface area contributed by atoms with Crippen LogP contribution in [0.15, 0.2) is 0 Å². The second kappa shape index (κ2) is 7.13. The number of carbonyl (C=O) groups is 1. The maximum Gasteiger partial charge on any atom is 0.320 e. The molecule has 1 heterocycles. The quantitative estimate of drug-likeness (QED) is 0.850. The van der Waals surface area contributed by atoms with Crippen molar-refractivity contribution in [3.05, 3.63) is 0 Å². The Bertz CT molecular complexity index is 289. The minimum atomic E-state index is 0.270. The fourth-order valence-electron chi connectivity index (χ4n) is 3.46. The van der Waals surface area contributed by atoms with E-state index in [4.69, 9.17) is 5.73 Å². The fourth-order valence-corrected chi connectivity index (χ4v) is 3.46. The molecular weight excluding hydrogens is 238 g/mol. The zero-order valence-corrected chi connectivity index (χ0v) is 12.3. The van der Waals surface area contributed by atoms with E-state index in [0.29, 0.717) is 18.5 Å². The van der Waals surface area contributed by atoms with Crippen LogP contribution in [-0.2, 0) is 0 Å². The van der Waals surface area contributed by atoms with Crippen LogP contribution < -0.4 is 5.73 Å². The summed E-state index contributed by atoms with van der Waals surface area (Å²) in [5.74, 6) is 0.651. The summed E-state index contributed by atoms with van der Waals surface area (Å²) in [7, 11) is 0. The molecule has 1 aliphatic carbocycles. The third kappa shape index (κ3) is 3.85. The number of nitrogens with zero attached hydrogens (tertiary/aromatic N) is 2. The summed E-state index contributed by atoms with van der Waals surface area (Å²) >= 11 is 0. The molecule has 0 spiro atoms. The molecular formula is C15H29N3O. The number of urea groups is 1. The monoisotopic (exact) mass is 267 g/mol. The van der Waals surface area contributed by atoms with Crippen LogP contribution in [0.25, 0.3) is 0 Å². The molecule has 4 heteroatoms. The molecule has 110 valence electrons. The Morgan fingerprint density at radius 1 is 1.26 bits per heavy atom. The van der Waals surface area contributed by atoms with Crippen LogP contribution in [0.2, 0.25) is 0 Å². The van der Waals surface area contributed by atoms with Gasteiger partial charge in [0.05, 0.1) is 0 Å². The molecule has 4 nitrogen and oxygen atoms in total. The lowest BCUT2D eigenvalue weighted by Crippen LogP contribution is -2.50. The lowest BCUT2D eigenvalue weighted by Gasteiger charge is -2.38. The van der Waals surface area contributed by atoms with Crippen LogP contribution in [0.3, 0.4) is 0 Å². The minimum absolute atomic E-state index is 0.270. The molecule has 0 radical (unpaired) electrons. The average Bonchev–Trinajstić information content (AvgIpc) is 2.93. The molecule has 1 aliphatic heterocycles. The zero-order valence-electron chi connectivity index (χ0n) is 12.3. The van der Waals surface area contributed by atoms with Gasteiger partial charge in [-0.2, -0.15) is 0 Å². The molecule has 2 fully saturated rings. The third-order valence-corrected chi connectivity index (χ3v) is 4.54. The molecule has 0 aromatic carbocycles. The lowest BCUT2D eigenvalue weighted by molar-refractivity contribution is 0.115. The van der Waals surface area contributed by atoms with Crippen LogP contribution in [0, 0.1) is 5.92 Å². The highest BCUT2D eigenvalue weighted by molar-refractivity contribution is 5.75. The van der Waals surface area contributed by atoms with E-state index in [1.54, 1.807) is 0 Å². The first-order valence-corrected chi connectivity index (χ1v) is 7.98. The summed E-state index contributed by atoms with van der Waals surface area (Å²) in [4.78, 5) is 16.9. The highest BCUT2D eigenvalue weighted by atomic mass is 16.2. The Labute approximate surface area is 117 Å². The van der Waals surface area contributed by atoms with Crippen LogP contribution in [0.4, 0.5) is 4.79 Å². The normalized spacial score (nSPS) is 24.7. The van der Waals surface area contributed by atoms with E-state index >= 15 is 0 Å². The predicted molar refractivity (Wildman–Crippen MR) is 78.0 cm³/mol. The first-order valence-electron chi connectivity index (χ1n) is 7.98. The molecule has 0 aromatic heterocycles. The van der Waals surface area contributed by atoms with E-state index in [-0.39, 0.29) is 6.03 Å². The van der Waals surface area contributed by atoms with Gasteiger partial charge in [0.2, 0.25) is 0 Å².